The normalized spacial score (nSPS) is 16.0. The number of nitrogens with zero attached hydrogens (tertiary/aromatic N) is 2. The van der Waals surface area contributed by atoms with E-state index in [1.807, 2.05) is 54.3 Å². The first-order valence-electron chi connectivity index (χ1n) is 10.1. The smallest absolute Gasteiger partial charge is 0.260 e. The van der Waals surface area contributed by atoms with Gasteiger partial charge in [0.1, 0.15) is 18.1 Å². The molecule has 2 aromatic rings. The van der Waals surface area contributed by atoms with Crippen molar-refractivity contribution in [2.75, 3.05) is 32.8 Å². The highest BCUT2D eigenvalue weighted by Gasteiger charge is 2.24. The molecule has 152 valence electrons. The van der Waals surface area contributed by atoms with Crippen LogP contribution < -0.4 is 9.47 Å². The van der Waals surface area contributed by atoms with Crippen LogP contribution in [-0.4, -0.2) is 54.5 Å². The molecule has 2 aliphatic heterocycles. The maximum atomic E-state index is 12.7. The lowest BCUT2D eigenvalue weighted by molar-refractivity contribution is -0.134. The summed E-state index contributed by atoms with van der Waals surface area (Å²) in [5.74, 6) is 1.37. The van der Waals surface area contributed by atoms with Crippen molar-refractivity contribution in [3.8, 4) is 11.5 Å². The van der Waals surface area contributed by atoms with Crippen LogP contribution in [0.2, 0.25) is 0 Å². The van der Waals surface area contributed by atoms with Crippen LogP contribution in [0, 0.1) is 6.92 Å². The zero-order valence-corrected chi connectivity index (χ0v) is 16.7. The molecule has 0 aliphatic carbocycles. The lowest BCUT2D eigenvalue weighted by Crippen LogP contribution is -2.36. The number of hydrogen-bond donors (Lipinski definition) is 0. The molecule has 2 aliphatic rings. The third-order valence-corrected chi connectivity index (χ3v) is 5.39. The fraction of sp³-hybridized carbons (Fsp3) is 0.391. The number of amides is 2. The molecule has 0 bridgehead atoms. The van der Waals surface area contributed by atoms with Gasteiger partial charge in [0.25, 0.3) is 11.8 Å². The van der Waals surface area contributed by atoms with Gasteiger partial charge in [-0.2, -0.15) is 0 Å². The summed E-state index contributed by atoms with van der Waals surface area (Å²) in [7, 11) is 0. The topological polar surface area (TPSA) is 59.1 Å². The molecule has 0 unspecified atom stereocenters. The number of fused-ring (bicyclic) bond motifs is 1. The SMILES string of the molecule is Cc1cccc(OCC(=O)N2CCOc3ccc(C(=O)N4CCCC4)cc3C2)c1. The van der Waals surface area contributed by atoms with E-state index in [1.165, 1.54) is 0 Å². The monoisotopic (exact) mass is 394 g/mol. The number of carbonyl (C=O) groups is 2. The Morgan fingerprint density at radius 2 is 1.86 bits per heavy atom. The van der Waals surface area contributed by atoms with Crippen molar-refractivity contribution in [2.24, 2.45) is 0 Å². The summed E-state index contributed by atoms with van der Waals surface area (Å²) in [5.41, 5.74) is 2.60. The third kappa shape index (κ3) is 4.53. The minimum absolute atomic E-state index is 0.0226. The van der Waals surface area contributed by atoms with E-state index in [9.17, 15) is 9.59 Å². The van der Waals surface area contributed by atoms with E-state index in [0.29, 0.717) is 31.0 Å². The molecular formula is C23H26N2O4. The second-order valence-electron chi connectivity index (χ2n) is 7.59. The van der Waals surface area contributed by atoms with Crippen molar-refractivity contribution >= 4 is 11.8 Å². The maximum Gasteiger partial charge on any atom is 0.260 e. The van der Waals surface area contributed by atoms with Gasteiger partial charge >= 0.3 is 0 Å². The average Bonchev–Trinajstić information content (AvgIpc) is 3.18. The summed E-state index contributed by atoms with van der Waals surface area (Å²) < 4.78 is 11.5. The lowest BCUT2D eigenvalue weighted by Gasteiger charge is -2.20. The molecule has 2 amide bonds. The van der Waals surface area contributed by atoms with Gasteiger partial charge in [0.15, 0.2) is 6.61 Å². The first kappa shape index (κ1) is 19.3. The number of hydrogen-bond acceptors (Lipinski definition) is 4. The van der Waals surface area contributed by atoms with Gasteiger partial charge in [-0.1, -0.05) is 12.1 Å². The van der Waals surface area contributed by atoms with Crippen molar-refractivity contribution in [1.82, 2.24) is 9.80 Å². The van der Waals surface area contributed by atoms with E-state index in [1.54, 1.807) is 4.90 Å². The van der Waals surface area contributed by atoms with Crippen LogP contribution in [0.1, 0.15) is 34.3 Å². The van der Waals surface area contributed by atoms with Crippen LogP contribution in [0.4, 0.5) is 0 Å². The first-order valence-corrected chi connectivity index (χ1v) is 10.1. The molecule has 29 heavy (non-hydrogen) atoms. The average molecular weight is 394 g/mol. The molecule has 1 fully saturated rings. The summed E-state index contributed by atoms with van der Waals surface area (Å²) in [6.07, 6.45) is 2.12. The molecule has 4 rings (SSSR count). The molecule has 0 radical (unpaired) electrons. The molecule has 0 aromatic heterocycles. The number of carbonyl (C=O) groups excluding carboxylic acids is 2. The summed E-state index contributed by atoms with van der Waals surface area (Å²) in [4.78, 5) is 29.0. The molecular weight excluding hydrogens is 368 g/mol. The quantitative estimate of drug-likeness (QED) is 0.800. The summed E-state index contributed by atoms with van der Waals surface area (Å²) in [5, 5.41) is 0. The highest BCUT2D eigenvalue weighted by atomic mass is 16.5. The van der Waals surface area contributed by atoms with E-state index in [4.69, 9.17) is 9.47 Å². The predicted octanol–water partition coefficient (Wildman–Crippen LogP) is 3.03. The maximum absolute atomic E-state index is 12.7. The molecule has 2 heterocycles. The van der Waals surface area contributed by atoms with Crippen LogP contribution in [0.3, 0.4) is 0 Å². The minimum Gasteiger partial charge on any atom is -0.491 e. The Labute approximate surface area is 171 Å². The van der Waals surface area contributed by atoms with Gasteiger partial charge in [-0.05, 0) is 55.7 Å². The number of ether oxygens (including phenoxy) is 2. The van der Waals surface area contributed by atoms with Crippen molar-refractivity contribution in [3.63, 3.8) is 0 Å². The minimum atomic E-state index is -0.0979. The zero-order valence-electron chi connectivity index (χ0n) is 16.7. The first-order chi connectivity index (χ1) is 14.1. The van der Waals surface area contributed by atoms with Crippen LogP contribution in [0.15, 0.2) is 42.5 Å². The number of benzene rings is 2. The zero-order chi connectivity index (χ0) is 20.2. The summed E-state index contributed by atoms with van der Waals surface area (Å²) in [6.45, 7) is 4.90. The predicted molar refractivity (Wildman–Crippen MR) is 109 cm³/mol. The number of rotatable bonds is 4. The fourth-order valence-electron chi connectivity index (χ4n) is 3.78. The van der Waals surface area contributed by atoms with Crippen LogP contribution in [0.5, 0.6) is 11.5 Å². The van der Waals surface area contributed by atoms with E-state index < -0.39 is 0 Å². The van der Waals surface area contributed by atoms with Crippen molar-refractivity contribution < 1.29 is 19.1 Å². The van der Waals surface area contributed by atoms with E-state index in [0.717, 1.165) is 42.8 Å². The second kappa shape index (κ2) is 8.55. The van der Waals surface area contributed by atoms with Crippen molar-refractivity contribution in [3.05, 3.63) is 59.2 Å². The molecule has 0 spiro atoms. The van der Waals surface area contributed by atoms with E-state index >= 15 is 0 Å². The summed E-state index contributed by atoms with van der Waals surface area (Å²) in [6, 6.07) is 13.2. The van der Waals surface area contributed by atoms with Crippen molar-refractivity contribution in [1.29, 1.82) is 0 Å². The Hall–Kier alpha value is -3.02. The largest absolute Gasteiger partial charge is 0.491 e. The molecule has 1 saturated heterocycles. The fourth-order valence-corrected chi connectivity index (χ4v) is 3.78. The van der Waals surface area contributed by atoms with Gasteiger partial charge in [-0.25, -0.2) is 0 Å². The Morgan fingerprint density at radius 1 is 1.03 bits per heavy atom. The molecule has 0 atom stereocenters. The molecule has 6 nitrogen and oxygen atoms in total. The van der Waals surface area contributed by atoms with Gasteiger partial charge in [-0.3, -0.25) is 9.59 Å². The van der Waals surface area contributed by atoms with E-state index in [-0.39, 0.29) is 18.4 Å². The van der Waals surface area contributed by atoms with Gasteiger partial charge in [0.2, 0.25) is 0 Å². The Bertz CT molecular complexity index is 906. The molecule has 2 aromatic carbocycles. The number of likely N-dealkylation sites (tertiary alicyclic amines) is 1. The lowest BCUT2D eigenvalue weighted by atomic mass is 10.1. The molecule has 6 heteroatoms. The standard InChI is InChI=1S/C23H26N2O4/c1-17-5-4-6-20(13-17)29-16-22(26)25-11-12-28-21-8-7-18(14-19(21)15-25)23(27)24-9-2-3-10-24/h4-8,13-14H,2-3,9-12,15-16H2,1H3. The van der Waals surface area contributed by atoms with E-state index in [2.05, 4.69) is 0 Å². The highest BCUT2D eigenvalue weighted by Crippen LogP contribution is 2.26. The second-order valence-corrected chi connectivity index (χ2v) is 7.59. The Morgan fingerprint density at radius 3 is 2.66 bits per heavy atom. The molecule has 0 saturated carbocycles. The summed E-state index contributed by atoms with van der Waals surface area (Å²) >= 11 is 0. The van der Waals surface area contributed by atoms with Gasteiger partial charge in [0, 0.05) is 30.8 Å². The highest BCUT2D eigenvalue weighted by molar-refractivity contribution is 5.94. The van der Waals surface area contributed by atoms with Crippen LogP contribution in [0.25, 0.3) is 0 Å². The van der Waals surface area contributed by atoms with Gasteiger partial charge in [0.05, 0.1) is 6.54 Å². The van der Waals surface area contributed by atoms with Crippen LogP contribution >= 0.6 is 0 Å². The number of aryl methyl sites for hydroxylation is 1. The molecule has 0 N–H and O–H groups in total. The van der Waals surface area contributed by atoms with Crippen molar-refractivity contribution in [2.45, 2.75) is 26.3 Å². The van der Waals surface area contributed by atoms with Crippen LogP contribution in [-0.2, 0) is 11.3 Å². The van der Waals surface area contributed by atoms with Gasteiger partial charge in [-0.15, -0.1) is 0 Å². The Kier molecular flexibility index (Phi) is 5.69. The van der Waals surface area contributed by atoms with Gasteiger partial charge < -0.3 is 19.3 Å². The Balaban J connectivity index is 1.44. The third-order valence-electron chi connectivity index (χ3n) is 5.39.